The fourth-order valence-electron chi connectivity index (χ4n) is 5.50. The summed E-state index contributed by atoms with van der Waals surface area (Å²) in [6, 6.07) is 25.2. The largest absolute Gasteiger partial charge is 0.489 e. The molecule has 0 amide bonds. The molecule has 5 rings (SSSR count). The smallest absolute Gasteiger partial charge is 0.338 e. The van der Waals surface area contributed by atoms with Crippen LogP contribution in [0.25, 0.3) is 0 Å². The number of piperidine rings is 1. The molecular weight excluding hydrogens is 504 g/mol. The van der Waals surface area contributed by atoms with Crippen molar-refractivity contribution in [2.45, 2.75) is 31.1 Å². The van der Waals surface area contributed by atoms with Crippen molar-refractivity contribution in [2.75, 3.05) is 52.6 Å². The second-order valence-electron chi connectivity index (χ2n) is 10.9. The minimum atomic E-state index is -0.278. The quantitative estimate of drug-likeness (QED) is 0.289. The van der Waals surface area contributed by atoms with Crippen molar-refractivity contribution in [1.29, 1.82) is 0 Å². The van der Waals surface area contributed by atoms with Gasteiger partial charge in [-0.1, -0.05) is 54.6 Å². The molecule has 39 heavy (non-hydrogen) atoms. The van der Waals surface area contributed by atoms with E-state index in [4.69, 9.17) is 9.47 Å². The molecule has 3 aromatic rings. The number of ether oxygens (including phenoxy) is 2. The molecule has 0 N–H and O–H groups in total. The second kappa shape index (κ2) is 13.5. The van der Waals surface area contributed by atoms with Crippen LogP contribution in [-0.4, -0.2) is 68.4 Å². The predicted molar refractivity (Wildman–Crippen MR) is 160 cm³/mol. The molecule has 0 aromatic heterocycles. The maximum Gasteiger partial charge on any atom is 0.338 e. The van der Waals surface area contributed by atoms with Gasteiger partial charge < -0.3 is 19.3 Å². The first kappa shape index (κ1) is 27.8. The average molecular weight is 545 g/mol. The highest BCUT2D eigenvalue weighted by molar-refractivity contribution is 7.99. The Morgan fingerprint density at radius 1 is 1.00 bits per heavy atom. The third kappa shape index (κ3) is 7.44. The Balaban J connectivity index is 1.23. The molecule has 1 fully saturated rings. The summed E-state index contributed by atoms with van der Waals surface area (Å²) in [5.74, 6) is 2.39. The maximum atomic E-state index is 12.8. The standard InChI is InChI=1S/C33H40N2O3S/c1-34(2)18-20-37-33(36)27-12-13-31-30(23-27)32(29-11-7-6-10-28(29)24-38-31)39-21-19-35-16-14-26(15-17-35)22-25-8-4-3-5-9-25/h3-13,23,26,32H,14-22,24H2,1-2H3. The van der Waals surface area contributed by atoms with Crippen molar-refractivity contribution < 1.29 is 14.3 Å². The fraction of sp³-hybridized carbons (Fsp3) is 0.424. The first-order chi connectivity index (χ1) is 19.1. The molecule has 206 valence electrons. The zero-order chi connectivity index (χ0) is 27.0. The van der Waals surface area contributed by atoms with Crippen LogP contribution in [0.3, 0.4) is 0 Å². The molecule has 1 unspecified atom stereocenters. The van der Waals surface area contributed by atoms with Crippen molar-refractivity contribution in [3.63, 3.8) is 0 Å². The van der Waals surface area contributed by atoms with E-state index in [1.54, 1.807) is 0 Å². The van der Waals surface area contributed by atoms with Crippen LogP contribution in [0.4, 0.5) is 0 Å². The minimum absolute atomic E-state index is 0.115. The van der Waals surface area contributed by atoms with Crippen LogP contribution in [0.1, 0.15) is 50.7 Å². The summed E-state index contributed by atoms with van der Waals surface area (Å²) in [6.45, 7) is 5.03. The zero-order valence-electron chi connectivity index (χ0n) is 23.2. The molecule has 0 radical (unpaired) electrons. The number of fused-ring (bicyclic) bond motifs is 2. The van der Waals surface area contributed by atoms with E-state index in [0.717, 1.165) is 29.5 Å². The number of hydrogen-bond acceptors (Lipinski definition) is 6. The number of carbonyl (C=O) groups is 1. The third-order valence-corrected chi connectivity index (χ3v) is 9.05. The summed E-state index contributed by atoms with van der Waals surface area (Å²) in [6.07, 6.45) is 3.72. The van der Waals surface area contributed by atoms with E-state index in [2.05, 4.69) is 59.5 Å². The van der Waals surface area contributed by atoms with E-state index in [0.29, 0.717) is 25.3 Å². The number of rotatable bonds is 10. The Hall–Kier alpha value is -2.80. The SMILES string of the molecule is CN(C)CCOC(=O)c1ccc2c(c1)C(SCCN1CCC(Cc3ccccc3)CC1)c1ccccc1CO2. The monoisotopic (exact) mass is 544 g/mol. The van der Waals surface area contributed by atoms with Crippen LogP contribution in [0.15, 0.2) is 72.8 Å². The van der Waals surface area contributed by atoms with Crippen LogP contribution in [0, 0.1) is 5.92 Å². The van der Waals surface area contributed by atoms with Gasteiger partial charge in [0.05, 0.1) is 10.8 Å². The Kier molecular flexibility index (Phi) is 9.62. The molecule has 0 spiro atoms. The van der Waals surface area contributed by atoms with Crippen molar-refractivity contribution in [3.05, 3.63) is 101 Å². The van der Waals surface area contributed by atoms with Gasteiger partial charge >= 0.3 is 5.97 Å². The molecule has 0 aliphatic carbocycles. The van der Waals surface area contributed by atoms with E-state index in [1.165, 1.54) is 49.0 Å². The van der Waals surface area contributed by atoms with E-state index < -0.39 is 0 Å². The Bertz CT molecular complexity index is 1220. The first-order valence-electron chi connectivity index (χ1n) is 14.1. The Morgan fingerprint density at radius 2 is 1.77 bits per heavy atom. The molecule has 2 heterocycles. The number of likely N-dealkylation sites (N-methyl/N-ethyl adjacent to an activating group) is 1. The molecule has 6 heteroatoms. The normalized spacial score (nSPS) is 17.7. The third-order valence-electron chi connectivity index (χ3n) is 7.79. The highest BCUT2D eigenvalue weighted by Gasteiger charge is 2.27. The van der Waals surface area contributed by atoms with Crippen LogP contribution in [-0.2, 0) is 17.8 Å². The molecule has 2 aliphatic rings. The summed E-state index contributed by atoms with van der Waals surface area (Å²) in [7, 11) is 3.94. The van der Waals surface area contributed by atoms with Crippen LogP contribution < -0.4 is 4.74 Å². The van der Waals surface area contributed by atoms with Gasteiger partial charge in [-0.05, 0) is 87.3 Å². The van der Waals surface area contributed by atoms with E-state index >= 15 is 0 Å². The predicted octanol–water partition coefficient (Wildman–Crippen LogP) is 6.07. The van der Waals surface area contributed by atoms with Crippen LogP contribution in [0.5, 0.6) is 5.75 Å². The Morgan fingerprint density at radius 3 is 2.56 bits per heavy atom. The van der Waals surface area contributed by atoms with E-state index in [9.17, 15) is 4.79 Å². The van der Waals surface area contributed by atoms with Crippen molar-refractivity contribution in [1.82, 2.24) is 9.80 Å². The Labute approximate surface area is 237 Å². The fourth-order valence-corrected chi connectivity index (χ4v) is 6.87. The molecule has 1 saturated heterocycles. The van der Waals surface area contributed by atoms with Gasteiger partial charge in [0.25, 0.3) is 0 Å². The summed E-state index contributed by atoms with van der Waals surface area (Å²) >= 11 is 1.95. The lowest BCUT2D eigenvalue weighted by Gasteiger charge is -2.32. The van der Waals surface area contributed by atoms with Gasteiger partial charge in [-0.25, -0.2) is 4.79 Å². The first-order valence-corrected chi connectivity index (χ1v) is 15.2. The number of esters is 1. The van der Waals surface area contributed by atoms with Gasteiger partial charge in [0, 0.05) is 24.4 Å². The number of benzene rings is 3. The molecule has 5 nitrogen and oxygen atoms in total. The molecule has 0 saturated carbocycles. The molecule has 2 aliphatic heterocycles. The number of thioether (sulfide) groups is 1. The van der Waals surface area contributed by atoms with E-state index in [-0.39, 0.29) is 11.2 Å². The average Bonchev–Trinajstić information content (AvgIpc) is 3.11. The van der Waals surface area contributed by atoms with Gasteiger partial charge in [-0.3, -0.25) is 0 Å². The van der Waals surface area contributed by atoms with Gasteiger partial charge in [-0.15, -0.1) is 11.8 Å². The van der Waals surface area contributed by atoms with Crippen molar-refractivity contribution in [3.8, 4) is 5.75 Å². The lowest BCUT2D eigenvalue weighted by atomic mass is 9.90. The number of carbonyl (C=O) groups excluding carboxylic acids is 1. The second-order valence-corrected chi connectivity index (χ2v) is 12.1. The minimum Gasteiger partial charge on any atom is -0.489 e. The molecular formula is C33H40N2O3S. The highest BCUT2D eigenvalue weighted by atomic mass is 32.2. The number of likely N-dealkylation sites (tertiary alicyclic amines) is 1. The van der Waals surface area contributed by atoms with Gasteiger partial charge in [0.2, 0.25) is 0 Å². The van der Waals surface area contributed by atoms with E-state index in [1.807, 2.05) is 49.0 Å². The highest BCUT2D eigenvalue weighted by Crippen LogP contribution is 2.44. The molecule has 1 atom stereocenters. The summed E-state index contributed by atoms with van der Waals surface area (Å²) in [5, 5.41) is 0.115. The van der Waals surface area contributed by atoms with Crippen LogP contribution in [0.2, 0.25) is 0 Å². The lowest BCUT2D eigenvalue weighted by molar-refractivity contribution is 0.0481. The van der Waals surface area contributed by atoms with Gasteiger partial charge in [-0.2, -0.15) is 0 Å². The lowest BCUT2D eigenvalue weighted by Crippen LogP contribution is -2.35. The number of hydrogen-bond donors (Lipinski definition) is 0. The topological polar surface area (TPSA) is 42.0 Å². The summed E-state index contributed by atoms with van der Waals surface area (Å²) in [5.41, 5.74) is 5.60. The van der Waals surface area contributed by atoms with Crippen molar-refractivity contribution in [2.24, 2.45) is 5.92 Å². The maximum absolute atomic E-state index is 12.8. The van der Waals surface area contributed by atoms with Gasteiger partial charge in [0.1, 0.15) is 19.0 Å². The van der Waals surface area contributed by atoms with Crippen LogP contribution >= 0.6 is 11.8 Å². The number of nitrogens with zero attached hydrogens (tertiary/aromatic N) is 2. The molecule has 0 bridgehead atoms. The van der Waals surface area contributed by atoms with Crippen molar-refractivity contribution >= 4 is 17.7 Å². The van der Waals surface area contributed by atoms with Gasteiger partial charge in [0.15, 0.2) is 0 Å². The zero-order valence-corrected chi connectivity index (χ0v) is 24.0. The molecule has 3 aromatic carbocycles. The summed E-state index contributed by atoms with van der Waals surface area (Å²) < 4.78 is 11.8. The summed E-state index contributed by atoms with van der Waals surface area (Å²) in [4.78, 5) is 17.4.